The second kappa shape index (κ2) is 7.64. The Morgan fingerprint density at radius 3 is 2.66 bits per heavy atom. The third-order valence-electron chi connectivity index (χ3n) is 5.85. The second-order valence-corrected chi connectivity index (χ2v) is 7.98. The molecule has 5 rings (SSSR count). The van der Waals surface area contributed by atoms with E-state index in [1.54, 1.807) is 30.3 Å². The van der Waals surface area contributed by atoms with Gasteiger partial charge in [-0.2, -0.15) is 0 Å². The maximum atomic E-state index is 14.0. The summed E-state index contributed by atoms with van der Waals surface area (Å²) in [5, 5.41) is 11.2. The average molecular weight is 429 g/mol. The largest absolute Gasteiger partial charge is 0.507 e. The Balaban J connectivity index is 1.72. The van der Waals surface area contributed by atoms with Gasteiger partial charge < -0.3 is 9.84 Å². The highest BCUT2D eigenvalue weighted by Crippen LogP contribution is 2.43. The summed E-state index contributed by atoms with van der Waals surface area (Å²) in [7, 11) is 0. The number of halogens is 1. The average Bonchev–Trinajstić information content (AvgIpc) is 3.35. The number of rotatable bonds is 3. The first-order valence-electron chi connectivity index (χ1n) is 10.3. The number of carbonyl (C=O) groups excluding carboxylic acids is 2. The summed E-state index contributed by atoms with van der Waals surface area (Å²) in [4.78, 5) is 27.5. The van der Waals surface area contributed by atoms with E-state index in [2.05, 4.69) is 0 Å². The van der Waals surface area contributed by atoms with E-state index in [9.17, 15) is 19.1 Å². The molecule has 32 heavy (non-hydrogen) atoms. The summed E-state index contributed by atoms with van der Waals surface area (Å²) in [5.41, 5.74) is 3.18. The van der Waals surface area contributed by atoms with E-state index in [-0.39, 0.29) is 17.0 Å². The van der Waals surface area contributed by atoms with Crippen molar-refractivity contribution < 1.29 is 23.8 Å². The molecule has 0 aromatic heterocycles. The van der Waals surface area contributed by atoms with Gasteiger partial charge in [-0.3, -0.25) is 14.5 Å². The second-order valence-electron chi connectivity index (χ2n) is 7.98. The lowest BCUT2D eigenvalue weighted by Crippen LogP contribution is -2.29. The summed E-state index contributed by atoms with van der Waals surface area (Å²) in [6.45, 7) is 2.46. The van der Waals surface area contributed by atoms with Crippen LogP contribution in [0.4, 0.5) is 10.1 Å². The fourth-order valence-electron chi connectivity index (χ4n) is 4.37. The number of amides is 1. The zero-order chi connectivity index (χ0) is 22.4. The smallest absolute Gasteiger partial charge is 0.300 e. The van der Waals surface area contributed by atoms with Gasteiger partial charge in [0, 0.05) is 17.7 Å². The van der Waals surface area contributed by atoms with Gasteiger partial charge in [0.25, 0.3) is 11.7 Å². The molecular weight excluding hydrogens is 409 g/mol. The van der Waals surface area contributed by atoms with Gasteiger partial charge in [-0.1, -0.05) is 35.9 Å². The van der Waals surface area contributed by atoms with Crippen molar-refractivity contribution in [2.75, 3.05) is 11.5 Å². The van der Waals surface area contributed by atoms with Crippen molar-refractivity contribution in [3.63, 3.8) is 0 Å². The molecule has 0 spiro atoms. The Bertz CT molecular complexity index is 1300. The molecule has 1 fully saturated rings. The van der Waals surface area contributed by atoms with Crippen LogP contribution in [0.2, 0.25) is 0 Å². The van der Waals surface area contributed by atoms with E-state index in [0.717, 1.165) is 16.9 Å². The van der Waals surface area contributed by atoms with Gasteiger partial charge in [0.05, 0.1) is 18.2 Å². The Kier molecular flexibility index (Phi) is 4.78. The van der Waals surface area contributed by atoms with Crippen LogP contribution in [0.3, 0.4) is 0 Å². The first-order chi connectivity index (χ1) is 15.4. The third-order valence-corrected chi connectivity index (χ3v) is 5.85. The number of carbonyl (C=O) groups is 2. The number of benzene rings is 3. The Morgan fingerprint density at radius 1 is 1.06 bits per heavy atom. The minimum Gasteiger partial charge on any atom is -0.507 e. The number of ketones is 1. The molecule has 1 amide bonds. The van der Waals surface area contributed by atoms with E-state index >= 15 is 0 Å². The van der Waals surface area contributed by atoms with Crippen molar-refractivity contribution in [2.24, 2.45) is 0 Å². The molecule has 2 aliphatic heterocycles. The number of fused-ring (bicyclic) bond motifs is 1. The lowest BCUT2D eigenvalue weighted by molar-refractivity contribution is -0.132. The van der Waals surface area contributed by atoms with Crippen LogP contribution in [0, 0.1) is 12.7 Å². The predicted molar refractivity (Wildman–Crippen MR) is 118 cm³/mol. The van der Waals surface area contributed by atoms with Crippen LogP contribution < -0.4 is 9.64 Å². The monoisotopic (exact) mass is 429 g/mol. The number of ether oxygens (including phenoxy) is 1. The molecule has 0 saturated carbocycles. The fraction of sp³-hybridized carbons (Fsp3) is 0.154. The summed E-state index contributed by atoms with van der Waals surface area (Å²) >= 11 is 0. The van der Waals surface area contributed by atoms with Crippen molar-refractivity contribution in [2.45, 2.75) is 19.4 Å². The Labute approximate surface area is 184 Å². The topological polar surface area (TPSA) is 66.8 Å². The minimum atomic E-state index is -0.888. The number of aryl methyl sites for hydroxylation is 1. The molecule has 0 radical (unpaired) electrons. The molecule has 2 heterocycles. The van der Waals surface area contributed by atoms with Gasteiger partial charge in [0.1, 0.15) is 17.3 Å². The zero-order valence-corrected chi connectivity index (χ0v) is 17.3. The van der Waals surface area contributed by atoms with Gasteiger partial charge in [-0.15, -0.1) is 0 Å². The number of hydrogen-bond acceptors (Lipinski definition) is 4. The number of aliphatic hydroxyl groups is 1. The molecule has 0 aliphatic carbocycles. The van der Waals surface area contributed by atoms with Crippen molar-refractivity contribution in [1.29, 1.82) is 0 Å². The normalized spacial score (nSPS) is 19.2. The first kappa shape index (κ1) is 20.0. The predicted octanol–water partition coefficient (Wildman–Crippen LogP) is 4.70. The number of Topliss-reactive ketones (excluding diaryl/α,β-unsaturated/α-hetero) is 1. The molecule has 0 bridgehead atoms. The van der Waals surface area contributed by atoms with Crippen LogP contribution in [0.5, 0.6) is 5.75 Å². The van der Waals surface area contributed by atoms with Crippen LogP contribution in [-0.4, -0.2) is 23.4 Å². The number of hydrogen-bond donors (Lipinski definition) is 1. The molecule has 6 heteroatoms. The first-order valence-corrected chi connectivity index (χ1v) is 10.3. The molecule has 1 atom stereocenters. The molecule has 5 nitrogen and oxygen atoms in total. The lowest BCUT2D eigenvalue weighted by atomic mass is 9.93. The number of nitrogens with zero attached hydrogens (tertiary/aromatic N) is 1. The molecule has 2 aliphatic rings. The highest BCUT2D eigenvalue weighted by molar-refractivity contribution is 6.51. The van der Waals surface area contributed by atoms with Crippen LogP contribution in [-0.2, 0) is 16.0 Å². The van der Waals surface area contributed by atoms with Crippen LogP contribution >= 0.6 is 0 Å². The lowest BCUT2D eigenvalue weighted by Gasteiger charge is -2.25. The fourth-order valence-corrected chi connectivity index (χ4v) is 4.37. The third kappa shape index (κ3) is 3.24. The SMILES string of the molecule is Cc1cccc(C2/C(=C(/O)c3ccc4c(c3)CCO4)C(=O)C(=O)N2c2cccc(F)c2)c1. The molecule has 160 valence electrons. The summed E-state index contributed by atoms with van der Waals surface area (Å²) < 4.78 is 19.5. The number of anilines is 1. The minimum absolute atomic E-state index is 0.0243. The van der Waals surface area contributed by atoms with E-state index in [1.165, 1.54) is 23.1 Å². The maximum absolute atomic E-state index is 14.0. The summed E-state index contributed by atoms with van der Waals surface area (Å²) in [5.74, 6) is -1.66. The van der Waals surface area contributed by atoms with Crippen LogP contribution in [0.1, 0.15) is 28.3 Å². The van der Waals surface area contributed by atoms with E-state index in [1.807, 2.05) is 25.1 Å². The van der Waals surface area contributed by atoms with Gasteiger partial charge in [-0.25, -0.2) is 4.39 Å². The Morgan fingerprint density at radius 2 is 1.88 bits per heavy atom. The van der Waals surface area contributed by atoms with Gasteiger partial charge >= 0.3 is 0 Å². The van der Waals surface area contributed by atoms with Crippen molar-refractivity contribution >= 4 is 23.1 Å². The maximum Gasteiger partial charge on any atom is 0.300 e. The molecule has 3 aromatic rings. The van der Waals surface area contributed by atoms with Gasteiger partial charge in [0.2, 0.25) is 0 Å². The summed E-state index contributed by atoms with van der Waals surface area (Å²) in [6.07, 6.45) is 0.704. The van der Waals surface area contributed by atoms with Crippen LogP contribution in [0.15, 0.2) is 72.3 Å². The molecule has 3 aromatic carbocycles. The van der Waals surface area contributed by atoms with Gasteiger partial charge in [-0.05, 0) is 54.4 Å². The zero-order valence-electron chi connectivity index (χ0n) is 17.3. The Hall–Kier alpha value is -3.93. The van der Waals surface area contributed by atoms with E-state index < -0.39 is 23.5 Å². The van der Waals surface area contributed by atoms with E-state index in [0.29, 0.717) is 24.2 Å². The molecule has 1 N–H and O–H groups in total. The highest BCUT2D eigenvalue weighted by Gasteiger charge is 2.47. The highest BCUT2D eigenvalue weighted by atomic mass is 19.1. The van der Waals surface area contributed by atoms with Crippen LogP contribution in [0.25, 0.3) is 5.76 Å². The van der Waals surface area contributed by atoms with Crippen molar-refractivity contribution in [3.05, 3.63) is 100 Å². The standard InChI is InChI=1S/C26H20FNO4/c1-15-4-2-5-17(12-15)23-22(24(29)18-8-9-21-16(13-18)10-11-32-21)25(30)26(31)28(23)20-7-3-6-19(27)14-20/h2-9,12-14,23,29H,10-11H2,1H3/b24-22-. The quantitative estimate of drug-likeness (QED) is 0.373. The van der Waals surface area contributed by atoms with Crippen molar-refractivity contribution in [1.82, 2.24) is 0 Å². The van der Waals surface area contributed by atoms with E-state index in [4.69, 9.17) is 4.74 Å². The molecule has 1 saturated heterocycles. The number of aliphatic hydroxyl groups excluding tert-OH is 1. The molecule has 1 unspecified atom stereocenters. The summed E-state index contributed by atoms with van der Waals surface area (Å²) in [6, 6.07) is 17.2. The molecular formula is C26H20FNO4. The van der Waals surface area contributed by atoms with Gasteiger partial charge in [0.15, 0.2) is 0 Å². The van der Waals surface area contributed by atoms with Crippen molar-refractivity contribution in [3.8, 4) is 5.75 Å².